The number of hydrogen-bond acceptors (Lipinski definition) is 5. The van der Waals surface area contributed by atoms with Crippen LogP contribution in [0, 0.1) is 19.7 Å². The zero-order valence-corrected chi connectivity index (χ0v) is 13.4. The van der Waals surface area contributed by atoms with E-state index in [1.807, 2.05) is 0 Å². The molecule has 0 aliphatic rings. The maximum atomic E-state index is 12.8. The number of nitrogens with zero attached hydrogens (tertiary/aromatic N) is 1. The number of carbonyl (C=O) groups is 1. The van der Waals surface area contributed by atoms with Crippen molar-refractivity contribution in [3.63, 3.8) is 0 Å². The van der Waals surface area contributed by atoms with Gasteiger partial charge >= 0.3 is 0 Å². The van der Waals surface area contributed by atoms with Crippen LogP contribution in [0.15, 0.2) is 33.7 Å². The number of halogens is 1. The van der Waals surface area contributed by atoms with E-state index < -0.39 is 21.7 Å². The molecular weight excluding hydrogens is 325 g/mol. The zero-order valence-electron chi connectivity index (χ0n) is 12.6. The summed E-state index contributed by atoms with van der Waals surface area (Å²) in [6, 6.07) is 5.04. The van der Waals surface area contributed by atoms with Gasteiger partial charge in [0.1, 0.15) is 16.4 Å². The van der Waals surface area contributed by atoms with Crippen molar-refractivity contribution in [1.82, 2.24) is 15.2 Å². The second kappa shape index (κ2) is 6.88. The van der Waals surface area contributed by atoms with E-state index in [1.165, 1.54) is 38.1 Å². The molecule has 1 heterocycles. The lowest BCUT2D eigenvalue weighted by molar-refractivity contribution is 0.0954. The Hall–Kier alpha value is -2.26. The molecule has 0 saturated carbocycles. The molecule has 2 rings (SSSR count). The van der Waals surface area contributed by atoms with Gasteiger partial charge in [-0.1, -0.05) is 5.16 Å². The number of aryl methyl sites for hydroxylation is 2. The summed E-state index contributed by atoms with van der Waals surface area (Å²) in [6.45, 7) is 3.12. The van der Waals surface area contributed by atoms with E-state index in [9.17, 15) is 17.6 Å². The number of hydrogen-bond donors (Lipinski definition) is 2. The molecule has 1 aromatic carbocycles. The summed E-state index contributed by atoms with van der Waals surface area (Å²) in [6.07, 6.45) is 0. The Morgan fingerprint density at radius 2 is 1.87 bits per heavy atom. The molecule has 0 fully saturated rings. The molecule has 124 valence electrons. The number of benzene rings is 1. The van der Waals surface area contributed by atoms with Crippen molar-refractivity contribution in [3.8, 4) is 0 Å². The third-order valence-corrected chi connectivity index (χ3v) is 4.75. The molecule has 2 aromatic rings. The molecule has 7 nitrogen and oxygen atoms in total. The highest BCUT2D eigenvalue weighted by Gasteiger charge is 2.23. The number of amides is 1. The largest absolute Gasteiger partial charge is 0.360 e. The van der Waals surface area contributed by atoms with Crippen molar-refractivity contribution in [3.05, 3.63) is 47.1 Å². The average molecular weight is 341 g/mol. The van der Waals surface area contributed by atoms with Crippen LogP contribution in [0.4, 0.5) is 4.39 Å². The van der Waals surface area contributed by atoms with Gasteiger partial charge in [-0.15, -0.1) is 0 Å². The van der Waals surface area contributed by atoms with Crippen molar-refractivity contribution in [2.45, 2.75) is 18.7 Å². The molecule has 0 aliphatic carbocycles. The Bertz CT molecular complexity index is 780. The molecule has 0 radical (unpaired) electrons. The van der Waals surface area contributed by atoms with E-state index >= 15 is 0 Å². The fourth-order valence-corrected chi connectivity index (χ4v) is 3.35. The zero-order chi connectivity index (χ0) is 17.0. The summed E-state index contributed by atoms with van der Waals surface area (Å²) in [5, 5.41) is 6.13. The van der Waals surface area contributed by atoms with Crippen molar-refractivity contribution in [2.24, 2.45) is 0 Å². The van der Waals surface area contributed by atoms with E-state index in [4.69, 9.17) is 4.52 Å². The number of carbonyl (C=O) groups excluding carboxylic acids is 1. The molecule has 2 N–H and O–H groups in total. The van der Waals surface area contributed by atoms with Crippen molar-refractivity contribution in [2.75, 3.05) is 13.1 Å². The van der Waals surface area contributed by atoms with Crippen molar-refractivity contribution in [1.29, 1.82) is 0 Å². The minimum absolute atomic E-state index is 0.000667. The number of aromatic nitrogens is 1. The predicted octanol–water partition coefficient (Wildman–Crippen LogP) is 1.14. The van der Waals surface area contributed by atoms with Crippen LogP contribution in [-0.2, 0) is 10.0 Å². The van der Waals surface area contributed by atoms with Crippen molar-refractivity contribution < 1.29 is 22.1 Å². The van der Waals surface area contributed by atoms with Gasteiger partial charge in [-0.2, -0.15) is 0 Å². The van der Waals surface area contributed by atoms with Gasteiger partial charge in [-0.05, 0) is 38.1 Å². The minimum Gasteiger partial charge on any atom is -0.360 e. The number of nitrogens with one attached hydrogen (secondary N) is 2. The summed E-state index contributed by atoms with van der Waals surface area (Å²) >= 11 is 0. The maximum absolute atomic E-state index is 12.8. The molecule has 23 heavy (non-hydrogen) atoms. The molecular formula is C14H16FN3O4S. The van der Waals surface area contributed by atoms with E-state index in [0.717, 1.165) is 0 Å². The Kier molecular flexibility index (Phi) is 5.12. The Balaban J connectivity index is 1.88. The van der Waals surface area contributed by atoms with Gasteiger partial charge in [0.15, 0.2) is 5.76 Å². The van der Waals surface area contributed by atoms with Crippen LogP contribution in [0.2, 0.25) is 0 Å². The first-order valence-electron chi connectivity index (χ1n) is 6.77. The van der Waals surface area contributed by atoms with E-state index in [1.54, 1.807) is 0 Å². The highest BCUT2D eigenvalue weighted by molar-refractivity contribution is 7.89. The van der Waals surface area contributed by atoms with Gasteiger partial charge in [-0.3, -0.25) is 4.79 Å². The van der Waals surface area contributed by atoms with Crippen LogP contribution >= 0.6 is 0 Å². The highest BCUT2D eigenvalue weighted by Crippen LogP contribution is 2.18. The second-order valence-electron chi connectivity index (χ2n) is 4.81. The molecule has 0 saturated heterocycles. The Morgan fingerprint density at radius 1 is 1.22 bits per heavy atom. The summed E-state index contributed by atoms with van der Waals surface area (Å²) in [4.78, 5) is 11.8. The van der Waals surface area contributed by atoms with Crippen LogP contribution in [-0.4, -0.2) is 32.6 Å². The smallest absolute Gasteiger partial charge is 0.251 e. The Morgan fingerprint density at radius 3 is 2.43 bits per heavy atom. The maximum Gasteiger partial charge on any atom is 0.251 e. The first-order valence-corrected chi connectivity index (χ1v) is 8.26. The average Bonchev–Trinajstić information content (AvgIpc) is 2.84. The lowest BCUT2D eigenvalue weighted by Gasteiger charge is -2.08. The lowest BCUT2D eigenvalue weighted by Crippen LogP contribution is -2.35. The third kappa shape index (κ3) is 4.14. The number of sulfonamides is 1. The first kappa shape index (κ1) is 17.1. The molecule has 1 aromatic heterocycles. The summed E-state index contributed by atoms with van der Waals surface area (Å²) in [5.41, 5.74) is 0.560. The van der Waals surface area contributed by atoms with Gasteiger partial charge in [0, 0.05) is 18.7 Å². The van der Waals surface area contributed by atoms with Crippen LogP contribution in [0.25, 0.3) is 0 Å². The topological polar surface area (TPSA) is 101 Å². The van der Waals surface area contributed by atoms with Crippen molar-refractivity contribution >= 4 is 15.9 Å². The minimum atomic E-state index is -3.75. The lowest BCUT2D eigenvalue weighted by atomic mass is 10.2. The van der Waals surface area contributed by atoms with Crippen LogP contribution in [0.1, 0.15) is 21.8 Å². The number of rotatable bonds is 6. The molecule has 0 atom stereocenters. The predicted molar refractivity (Wildman–Crippen MR) is 79.9 cm³/mol. The summed E-state index contributed by atoms with van der Waals surface area (Å²) < 4.78 is 44.2. The fourth-order valence-electron chi connectivity index (χ4n) is 2.00. The van der Waals surface area contributed by atoms with E-state index in [0.29, 0.717) is 5.56 Å². The summed E-state index contributed by atoms with van der Waals surface area (Å²) in [5.74, 6) is -0.652. The monoisotopic (exact) mass is 341 g/mol. The normalized spacial score (nSPS) is 11.4. The fraction of sp³-hybridized carbons (Fsp3) is 0.286. The molecule has 9 heteroatoms. The molecule has 0 bridgehead atoms. The highest BCUT2D eigenvalue weighted by atomic mass is 32.2. The van der Waals surface area contributed by atoms with Crippen LogP contribution < -0.4 is 10.0 Å². The van der Waals surface area contributed by atoms with Crippen LogP contribution in [0.5, 0.6) is 0 Å². The molecule has 0 unspecified atom stereocenters. The van der Waals surface area contributed by atoms with Crippen LogP contribution in [0.3, 0.4) is 0 Å². The molecule has 0 spiro atoms. The van der Waals surface area contributed by atoms with Gasteiger partial charge < -0.3 is 9.84 Å². The SMILES string of the molecule is Cc1noc(C)c1S(=O)(=O)NCCNC(=O)c1ccc(F)cc1. The Labute approximate surface area is 132 Å². The van der Waals surface area contributed by atoms with Gasteiger partial charge in [-0.25, -0.2) is 17.5 Å². The second-order valence-corrected chi connectivity index (χ2v) is 6.52. The quantitative estimate of drug-likeness (QED) is 0.767. The van der Waals surface area contributed by atoms with Gasteiger partial charge in [0.2, 0.25) is 10.0 Å². The standard InChI is InChI=1S/C14H16FN3O4S/c1-9-13(10(2)22-18-9)23(20,21)17-8-7-16-14(19)11-3-5-12(15)6-4-11/h3-6,17H,7-8H2,1-2H3,(H,16,19). The first-order chi connectivity index (χ1) is 10.8. The van der Waals surface area contributed by atoms with Gasteiger partial charge in [0.05, 0.1) is 0 Å². The van der Waals surface area contributed by atoms with E-state index in [-0.39, 0.29) is 29.4 Å². The summed E-state index contributed by atoms with van der Waals surface area (Å²) in [7, 11) is -3.75. The molecule has 1 amide bonds. The molecule has 0 aliphatic heterocycles. The van der Waals surface area contributed by atoms with Gasteiger partial charge in [0.25, 0.3) is 5.91 Å². The third-order valence-electron chi connectivity index (χ3n) is 3.05. The van der Waals surface area contributed by atoms with E-state index in [2.05, 4.69) is 15.2 Å².